The summed E-state index contributed by atoms with van der Waals surface area (Å²) in [4.78, 5) is 0. The molecule has 0 bridgehead atoms. The Hall–Kier alpha value is -1.25. The first-order valence-corrected chi connectivity index (χ1v) is 2.92. The zero-order valence-corrected chi connectivity index (χ0v) is 5.57. The van der Waals surface area contributed by atoms with Crippen molar-refractivity contribution >= 4 is 6.08 Å². The van der Waals surface area contributed by atoms with Crippen molar-refractivity contribution in [2.24, 2.45) is 0 Å². The molecule has 1 aromatic rings. The fraction of sp³-hybridized carbons (Fsp3) is 0. The predicted octanol–water partition coefficient (Wildman–Crippen LogP) is 2.75. The van der Waals surface area contributed by atoms with Crippen molar-refractivity contribution in [1.29, 1.82) is 0 Å². The van der Waals surface area contributed by atoms with E-state index < -0.39 is 17.5 Å². The minimum absolute atomic E-state index is 0.300. The smallest absolute Gasteiger partial charge is 0.136 e. The van der Waals surface area contributed by atoms with Crippen LogP contribution in [0.15, 0.2) is 18.7 Å². The van der Waals surface area contributed by atoms with Crippen molar-refractivity contribution in [2.45, 2.75) is 0 Å². The normalized spacial score (nSPS) is 9.73. The lowest BCUT2D eigenvalue weighted by molar-refractivity contribution is 0.540. The highest BCUT2D eigenvalue weighted by molar-refractivity contribution is 5.48. The fourth-order valence-corrected chi connectivity index (χ4v) is 0.748. The van der Waals surface area contributed by atoms with Crippen molar-refractivity contribution in [2.75, 3.05) is 0 Å². The van der Waals surface area contributed by atoms with E-state index in [2.05, 4.69) is 6.58 Å². The van der Waals surface area contributed by atoms with E-state index in [-0.39, 0.29) is 5.56 Å². The Bertz CT molecular complexity index is 268. The van der Waals surface area contributed by atoms with Gasteiger partial charge in [0.25, 0.3) is 0 Å². The third-order valence-corrected chi connectivity index (χ3v) is 1.25. The van der Waals surface area contributed by atoms with Crippen molar-refractivity contribution in [1.82, 2.24) is 0 Å². The molecule has 0 amide bonds. The topological polar surface area (TPSA) is 0 Å². The Morgan fingerprint density at radius 3 is 1.91 bits per heavy atom. The molecule has 0 aliphatic carbocycles. The molecule has 11 heavy (non-hydrogen) atoms. The Labute approximate surface area is 62.0 Å². The number of halogens is 3. The highest BCUT2D eigenvalue weighted by atomic mass is 19.1. The monoisotopic (exact) mass is 158 g/mol. The molecule has 0 saturated carbocycles. The maximum absolute atomic E-state index is 12.6. The Morgan fingerprint density at radius 2 is 1.55 bits per heavy atom. The van der Waals surface area contributed by atoms with E-state index in [1.54, 1.807) is 0 Å². The van der Waals surface area contributed by atoms with E-state index in [9.17, 15) is 13.2 Å². The molecule has 0 fully saturated rings. The third-order valence-electron chi connectivity index (χ3n) is 1.25. The second-order valence-corrected chi connectivity index (χ2v) is 1.99. The van der Waals surface area contributed by atoms with E-state index in [1.807, 2.05) is 0 Å². The molecule has 0 unspecified atom stereocenters. The van der Waals surface area contributed by atoms with Crippen LogP contribution in [0.4, 0.5) is 13.2 Å². The third kappa shape index (κ3) is 1.42. The zero-order chi connectivity index (χ0) is 8.43. The van der Waals surface area contributed by atoms with Crippen molar-refractivity contribution in [3.8, 4) is 0 Å². The van der Waals surface area contributed by atoms with Crippen LogP contribution >= 0.6 is 0 Å². The van der Waals surface area contributed by atoms with Crippen molar-refractivity contribution < 1.29 is 13.2 Å². The molecule has 0 aromatic heterocycles. The minimum atomic E-state index is -0.933. The van der Waals surface area contributed by atoms with Gasteiger partial charge in [0.05, 0.1) is 0 Å². The van der Waals surface area contributed by atoms with Crippen LogP contribution < -0.4 is 0 Å². The maximum atomic E-state index is 12.6. The highest BCUT2D eigenvalue weighted by Gasteiger charge is 2.06. The summed E-state index contributed by atoms with van der Waals surface area (Å²) in [6, 6.07) is 1.22. The Morgan fingerprint density at radius 1 is 1.09 bits per heavy atom. The van der Waals surface area contributed by atoms with Crippen LogP contribution in [0.5, 0.6) is 0 Å². The highest BCUT2D eigenvalue weighted by Crippen LogP contribution is 2.14. The second-order valence-electron chi connectivity index (χ2n) is 1.99. The fourth-order valence-electron chi connectivity index (χ4n) is 0.748. The van der Waals surface area contributed by atoms with Gasteiger partial charge in [-0.3, -0.25) is 0 Å². The van der Waals surface area contributed by atoms with Crippen molar-refractivity contribution in [3.05, 3.63) is 41.7 Å². The first-order valence-electron chi connectivity index (χ1n) is 2.92. The summed E-state index contributed by atoms with van der Waals surface area (Å²) >= 11 is 0. The molecule has 0 spiro atoms. The standard InChI is InChI=1S/C8H5F3/c1-2-6-7(10)3-5(9)4-8(6)11/h2-4H,1H2. The molecule has 58 valence electrons. The van der Waals surface area contributed by atoms with Gasteiger partial charge in [-0.25, -0.2) is 13.2 Å². The molecule has 0 radical (unpaired) electrons. The number of hydrogen-bond acceptors (Lipinski definition) is 0. The molecule has 0 heterocycles. The summed E-state index contributed by atoms with van der Waals surface area (Å²) in [6.07, 6.45) is 1.00. The van der Waals surface area contributed by atoms with E-state index in [0.717, 1.165) is 6.08 Å². The number of benzene rings is 1. The molecule has 0 nitrogen and oxygen atoms in total. The molecule has 1 rings (SSSR count). The summed E-state index contributed by atoms with van der Waals surface area (Å²) in [5, 5.41) is 0. The second kappa shape index (κ2) is 2.78. The van der Waals surface area contributed by atoms with Gasteiger partial charge < -0.3 is 0 Å². The van der Waals surface area contributed by atoms with Gasteiger partial charge in [0, 0.05) is 17.7 Å². The number of hydrogen-bond donors (Lipinski definition) is 0. The molecule has 0 saturated heterocycles. The van der Waals surface area contributed by atoms with Crippen LogP contribution in [0.2, 0.25) is 0 Å². The van der Waals surface area contributed by atoms with Gasteiger partial charge in [-0.1, -0.05) is 12.7 Å². The molecule has 0 atom stereocenters. The zero-order valence-electron chi connectivity index (χ0n) is 5.57. The first-order chi connectivity index (χ1) is 5.15. The average Bonchev–Trinajstić information content (AvgIpc) is 1.85. The molecule has 0 aliphatic heterocycles. The van der Waals surface area contributed by atoms with Crippen LogP contribution in [0.3, 0.4) is 0 Å². The van der Waals surface area contributed by atoms with E-state index in [4.69, 9.17) is 0 Å². The lowest BCUT2D eigenvalue weighted by Crippen LogP contribution is -1.90. The van der Waals surface area contributed by atoms with Crippen LogP contribution in [0.1, 0.15) is 5.56 Å². The van der Waals surface area contributed by atoms with Gasteiger partial charge in [-0.15, -0.1) is 0 Å². The molecule has 3 heteroatoms. The largest absolute Gasteiger partial charge is 0.207 e. The molecular weight excluding hydrogens is 153 g/mol. The van der Waals surface area contributed by atoms with Gasteiger partial charge in [0.1, 0.15) is 17.5 Å². The Kier molecular flexibility index (Phi) is 1.98. The van der Waals surface area contributed by atoms with Gasteiger partial charge in [-0.05, 0) is 0 Å². The van der Waals surface area contributed by atoms with Crippen LogP contribution in [0, 0.1) is 17.5 Å². The van der Waals surface area contributed by atoms with Gasteiger partial charge in [0.15, 0.2) is 0 Å². The average molecular weight is 158 g/mol. The van der Waals surface area contributed by atoms with Crippen LogP contribution in [-0.4, -0.2) is 0 Å². The summed E-state index contributed by atoms with van der Waals surface area (Å²) < 4.78 is 37.4. The lowest BCUT2D eigenvalue weighted by Gasteiger charge is -1.97. The number of rotatable bonds is 1. The SMILES string of the molecule is C=Cc1c(F)cc(F)cc1F. The van der Waals surface area contributed by atoms with Gasteiger partial charge >= 0.3 is 0 Å². The van der Waals surface area contributed by atoms with E-state index >= 15 is 0 Å². The molecule has 1 aromatic carbocycles. The Balaban J connectivity index is 3.36. The van der Waals surface area contributed by atoms with Gasteiger partial charge in [-0.2, -0.15) is 0 Å². The quantitative estimate of drug-likeness (QED) is 0.589. The lowest BCUT2D eigenvalue weighted by atomic mass is 10.2. The maximum Gasteiger partial charge on any atom is 0.136 e. The molecular formula is C8H5F3. The summed E-state index contributed by atoms with van der Waals surface area (Å²) in [5.41, 5.74) is -0.300. The summed E-state index contributed by atoms with van der Waals surface area (Å²) in [5.74, 6) is -2.79. The first kappa shape index (κ1) is 7.85. The van der Waals surface area contributed by atoms with Crippen LogP contribution in [0.25, 0.3) is 6.08 Å². The summed E-state index contributed by atoms with van der Waals surface area (Å²) in [6.45, 7) is 3.18. The van der Waals surface area contributed by atoms with Gasteiger partial charge in [0.2, 0.25) is 0 Å². The predicted molar refractivity (Wildman–Crippen MR) is 36.4 cm³/mol. The molecule has 0 aliphatic rings. The van der Waals surface area contributed by atoms with Crippen LogP contribution in [-0.2, 0) is 0 Å². The summed E-state index contributed by atoms with van der Waals surface area (Å²) in [7, 11) is 0. The minimum Gasteiger partial charge on any atom is -0.207 e. The molecule has 0 N–H and O–H groups in total. The van der Waals surface area contributed by atoms with E-state index in [1.165, 1.54) is 0 Å². The van der Waals surface area contributed by atoms with Crippen molar-refractivity contribution in [3.63, 3.8) is 0 Å². The van der Waals surface area contributed by atoms with E-state index in [0.29, 0.717) is 12.1 Å².